The maximum absolute atomic E-state index is 10.9. The fraction of sp³-hybridized carbons (Fsp3) is 0.900. The van der Waals surface area contributed by atoms with Gasteiger partial charge in [0.25, 0.3) is 0 Å². The molecule has 0 saturated heterocycles. The Hall–Kier alpha value is -0.650. The van der Waals surface area contributed by atoms with Crippen molar-refractivity contribution in [1.29, 1.82) is 0 Å². The topological polar surface area (TPSA) is 87.6 Å². The van der Waals surface area contributed by atoms with E-state index in [1.54, 1.807) is 6.92 Å². The first-order valence-corrected chi connectivity index (χ1v) is 5.18. The van der Waals surface area contributed by atoms with E-state index in [1.807, 2.05) is 13.8 Å². The van der Waals surface area contributed by atoms with Crippen LogP contribution < -0.4 is 11.5 Å². The van der Waals surface area contributed by atoms with Crippen LogP contribution in [0.4, 0.5) is 0 Å². The summed E-state index contributed by atoms with van der Waals surface area (Å²) in [5.41, 5.74) is 9.79. The molecule has 2 atom stereocenters. The van der Waals surface area contributed by atoms with Crippen LogP contribution in [0.1, 0.15) is 27.2 Å². The zero-order chi connectivity index (χ0) is 11.9. The Balaban J connectivity index is 3.65. The highest BCUT2D eigenvalue weighted by atomic mass is 16.5. The van der Waals surface area contributed by atoms with Gasteiger partial charge in [-0.3, -0.25) is 4.79 Å². The number of carbonyl (C=O) groups is 1. The molecular weight excluding hydrogens is 196 g/mol. The van der Waals surface area contributed by atoms with Crippen molar-refractivity contribution in [2.75, 3.05) is 19.8 Å². The molecule has 5 nitrogen and oxygen atoms in total. The highest BCUT2D eigenvalue weighted by molar-refractivity contribution is 5.83. The van der Waals surface area contributed by atoms with E-state index in [4.69, 9.17) is 20.9 Å². The van der Waals surface area contributed by atoms with Crippen molar-refractivity contribution in [3.8, 4) is 0 Å². The van der Waals surface area contributed by atoms with Gasteiger partial charge in [-0.25, -0.2) is 0 Å². The first-order valence-electron chi connectivity index (χ1n) is 5.18. The van der Waals surface area contributed by atoms with Crippen LogP contribution in [0.25, 0.3) is 0 Å². The highest BCUT2D eigenvalue weighted by Crippen LogP contribution is 2.05. The second kappa shape index (κ2) is 6.76. The lowest BCUT2D eigenvalue weighted by Gasteiger charge is -2.21. The van der Waals surface area contributed by atoms with Crippen LogP contribution in [0.3, 0.4) is 0 Å². The molecule has 0 aromatic carbocycles. The molecule has 0 aromatic heterocycles. The fourth-order valence-corrected chi connectivity index (χ4v) is 0.927. The summed E-state index contributed by atoms with van der Waals surface area (Å²) in [6.45, 7) is 7.07. The van der Waals surface area contributed by atoms with E-state index in [0.29, 0.717) is 26.2 Å². The Morgan fingerprint density at radius 1 is 1.53 bits per heavy atom. The standard InChI is InChI=1S/C10H22N2O3/c1-4-14-7-8(2)15-6-5-10(3,12)9(11)13/h8H,4-7,12H2,1-3H3,(H2,11,13). The second-order valence-corrected chi connectivity index (χ2v) is 3.87. The van der Waals surface area contributed by atoms with Gasteiger partial charge >= 0.3 is 0 Å². The average Bonchev–Trinajstić information content (AvgIpc) is 2.14. The first-order chi connectivity index (χ1) is 6.90. The van der Waals surface area contributed by atoms with Crippen molar-refractivity contribution in [2.24, 2.45) is 11.5 Å². The van der Waals surface area contributed by atoms with Crippen LogP contribution >= 0.6 is 0 Å². The number of nitrogens with two attached hydrogens (primary N) is 2. The molecule has 0 aliphatic heterocycles. The van der Waals surface area contributed by atoms with Gasteiger partial charge in [0.15, 0.2) is 0 Å². The largest absolute Gasteiger partial charge is 0.379 e. The highest BCUT2D eigenvalue weighted by Gasteiger charge is 2.25. The summed E-state index contributed by atoms with van der Waals surface area (Å²) in [6, 6.07) is 0. The van der Waals surface area contributed by atoms with Gasteiger partial charge in [-0.05, 0) is 27.2 Å². The zero-order valence-corrected chi connectivity index (χ0v) is 9.79. The number of hydrogen-bond acceptors (Lipinski definition) is 4. The smallest absolute Gasteiger partial charge is 0.237 e. The van der Waals surface area contributed by atoms with Crippen LogP contribution in [-0.4, -0.2) is 37.4 Å². The third kappa shape index (κ3) is 6.43. The van der Waals surface area contributed by atoms with Crippen molar-refractivity contribution in [2.45, 2.75) is 38.8 Å². The molecule has 2 unspecified atom stereocenters. The molecule has 0 saturated carbocycles. The molecule has 15 heavy (non-hydrogen) atoms. The molecule has 5 heteroatoms. The van der Waals surface area contributed by atoms with Gasteiger partial charge in [0, 0.05) is 13.2 Å². The van der Waals surface area contributed by atoms with Gasteiger partial charge in [-0.1, -0.05) is 0 Å². The summed E-state index contributed by atoms with van der Waals surface area (Å²) in [5.74, 6) is -0.511. The number of ether oxygens (including phenoxy) is 2. The molecule has 0 aliphatic rings. The fourth-order valence-electron chi connectivity index (χ4n) is 0.927. The molecule has 0 spiro atoms. The average molecular weight is 218 g/mol. The van der Waals surface area contributed by atoms with Crippen molar-refractivity contribution in [1.82, 2.24) is 0 Å². The summed E-state index contributed by atoms with van der Waals surface area (Å²) >= 11 is 0. The van der Waals surface area contributed by atoms with Crippen molar-refractivity contribution >= 4 is 5.91 Å². The summed E-state index contributed by atoms with van der Waals surface area (Å²) in [7, 11) is 0. The second-order valence-electron chi connectivity index (χ2n) is 3.87. The van der Waals surface area contributed by atoms with Crippen molar-refractivity contribution < 1.29 is 14.3 Å². The first kappa shape index (κ1) is 14.3. The Kier molecular flexibility index (Phi) is 6.47. The van der Waals surface area contributed by atoms with Crippen molar-refractivity contribution in [3.63, 3.8) is 0 Å². The van der Waals surface area contributed by atoms with Crippen LogP contribution in [-0.2, 0) is 14.3 Å². The predicted octanol–water partition coefficient (Wildman–Crippen LogP) is 0.0208. The SMILES string of the molecule is CCOCC(C)OCCC(C)(N)C(N)=O. The lowest BCUT2D eigenvalue weighted by Crippen LogP contribution is -2.50. The van der Waals surface area contributed by atoms with Crippen LogP contribution in [0.2, 0.25) is 0 Å². The van der Waals surface area contributed by atoms with E-state index in [0.717, 1.165) is 0 Å². The maximum Gasteiger partial charge on any atom is 0.237 e. The minimum Gasteiger partial charge on any atom is -0.379 e. The summed E-state index contributed by atoms with van der Waals surface area (Å²) in [6.07, 6.45) is 0.423. The Bertz CT molecular complexity index is 195. The van der Waals surface area contributed by atoms with Crippen LogP contribution in [0.5, 0.6) is 0 Å². The normalized spacial score (nSPS) is 17.1. The van der Waals surface area contributed by atoms with E-state index in [-0.39, 0.29) is 6.10 Å². The van der Waals surface area contributed by atoms with E-state index < -0.39 is 11.4 Å². The van der Waals surface area contributed by atoms with Gasteiger partial charge < -0.3 is 20.9 Å². The third-order valence-electron chi connectivity index (χ3n) is 2.14. The number of rotatable bonds is 8. The Morgan fingerprint density at radius 2 is 2.13 bits per heavy atom. The summed E-state index contributed by atoms with van der Waals surface area (Å²) in [4.78, 5) is 10.9. The molecule has 0 aromatic rings. The van der Waals surface area contributed by atoms with Gasteiger partial charge in [-0.2, -0.15) is 0 Å². The molecule has 0 aliphatic carbocycles. The minimum atomic E-state index is -0.995. The quantitative estimate of drug-likeness (QED) is 0.601. The number of amides is 1. The molecule has 0 fully saturated rings. The molecule has 0 bridgehead atoms. The van der Waals surface area contributed by atoms with Crippen LogP contribution in [0, 0.1) is 0 Å². The van der Waals surface area contributed by atoms with Gasteiger partial charge in [0.1, 0.15) is 0 Å². The summed E-state index contributed by atoms with van der Waals surface area (Å²) < 4.78 is 10.6. The molecular formula is C10H22N2O3. The van der Waals surface area contributed by atoms with E-state index >= 15 is 0 Å². The van der Waals surface area contributed by atoms with Crippen molar-refractivity contribution in [3.05, 3.63) is 0 Å². The monoisotopic (exact) mass is 218 g/mol. The van der Waals surface area contributed by atoms with E-state index in [1.165, 1.54) is 0 Å². The third-order valence-corrected chi connectivity index (χ3v) is 2.14. The van der Waals surface area contributed by atoms with Gasteiger partial charge in [0.2, 0.25) is 5.91 Å². The zero-order valence-electron chi connectivity index (χ0n) is 9.79. The Morgan fingerprint density at radius 3 is 2.60 bits per heavy atom. The molecule has 90 valence electrons. The minimum absolute atomic E-state index is 0.00799. The van der Waals surface area contributed by atoms with Gasteiger partial charge in [-0.15, -0.1) is 0 Å². The lowest BCUT2D eigenvalue weighted by molar-refractivity contribution is -0.123. The number of carbonyl (C=O) groups excluding carboxylic acids is 1. The maximum atomic E-state index is 10.9. The molecule has 0 radical (unpaired) electrons. The van der Waals surface area contributed by atoms with Gasteiger partial charge in [0.05, 0.1) is 18.2 Å². The number of primary amides is 1. The summed E-state index contributed by atoms with van der Waals surface area (Å²) in [5, 5.41) is 0. The lowest BCUT2D eigenvalue weighted by atomic mass is 9.99. The number of hydrogen-bond donors (Lipinski definition) is 2. The van der Waals surface area contributed by atoms with E-state index in [2.05, 4.69) is 0 Å². The Labute approximate surface area is 91.1 Å². The van der Waals surface area contributed by atoms with E-state index in [9.17, 15) is 4.79 Å². The molecule has 1 amide bonds. The molecule has 0 rings (SSSR count). The van der Waals surface area contributed by atoms with Crippen LogP contribution in [0.15, 0.2) is 0 Å². The predicted molar refractivity (Wildman–Crippen MR) is 58.3 cm³/mol. The molecule has 4 N–H and O–H groups in total. The molecule has 0 heterocycles.